The van der Waals surface area contributed by atoms with Crippen LogP contribution in [0.25, 0.3) is 0 Å². The smallest absolute Gasteiger partial charge is 0.463 e. The van der Waals surface area contributed by atoms with Gasteiger partial charge in [-0.05, 0) is 19.3 Å². The predicted molar refractivity (Wildman–Crippen MR) is 370 cm³/mol. The second-order valence-electron chi connectivity index (χ2n) is 28.1. The molecule has 3 rings (SSSR count). The highest BCUT2D eigenvalue weighted by Crippen LogP contribution is 2.49. The lowest BCUT2D eigenvalue weighted by Crippen LogP contribution is -2.69. The van der Waals surface area contributed by atoms with Crippen molar-refractivity contribution in [3.05, 3.63) is 0 Å². The molecule has 11 N–H and O–H groups in total. The molecule has 0 bridgehead atoms. The molecule has 0 aromatic heterocycles. The van der Waals surface area contributed by atoms with Gasteiger partial charge in [-0.3, -0.25) is 23.4 Å². The standard InChI is InChI=1S/C73H137O24P/c1-4-7-10-13-16-19-22-25-27-28-29-31-33-36-39-42-45-48-58(76)90-53-56-61(79)63(81)68(86)73(94-56)96-70-66(84)64(82)65(83)69(95-72-67(85)62(80)60(78)55(50-74)93-72)71(70)97-98(87,88)91-52-54(51-89-57(75)47-44-41-38-35-32-24-21-18-15-12-9-6-3)92-59(77)49-46-43-40-37-34-30-26-23-20-17-14-11-8-5-2/h54-56,60-74,78-86H,4-53H2,1-3H3,(H,87,88). The summed E-state index contributed by atoms with van der Waals surface area (Å²) >= 11 is 0. The first-order chi connectivity index (χ1) is 47.3. The van der Waals surface area contributed by atoms with Crippen LogP contribution in [0.3, 0.4) is 0 Å². The van der Waals surface area contributed by atoms with Crippen LogP contribution in [0.2, 0.25) is 0 Å². The van der Waals surface area contributed by atoms with Crippen LogP contribution in [0.1, 0.15) is 316 Å². The van der Waals surface area contributed by atoms with Crippen molar-refractivity contribution in [1.82, 2.24) is 0 Å². The molecule has 98 heavy (non-hydrogen) atoms. The fourth-order valence-electron chi connectivity index (χ4n) is 13.1. The number of phosphoric ester groups is 1. The van der Waals surface area contributed by atoms with Gasteiger partial charge in [-0.2, -0.15) is 0 Å². The quantitative estimate of drug-likeness (QED) is 0.0117. The number of carbonyl (C=O) groups excluding carboxylic acids is 3. The number of esters is 3. The van der Waals surface area contributed by atoms with Crippen LogP contribution in [0, 0.1) is 0 Å². The normalized spacial score (nSPS) is 27.6. The summed E-state index contributed by atoms with van der Waals surface area (Å²) in [4.78, 5) is 51.0. The first-order valence-electron chi connectivity index (χ1n) is 38.8. The minimum Gasteiger partial charge on any atom is -0.463 e. The second-order valence-corrected chi connectivity index (χ2v) is 29.5. The number of hydrogen-bond acceptors (Lipinski definition) is 23. The Balaban J connectivity index is 1.71. The topological polar surface area (TPSA) is 374 Å². The van der Waals surface area contributed by atoms with Crippen LogP contribution in [0.15, 0.2) is 0 Å². The molecule has 24 nitrogen and oxygen atoms in total. The lowest BCUT2D eigenvalue weighted by molar-refractivity contribution is -0.360. The van der Waals surface area contributed by atoms with E-state index in [1.165, 1.54) is 161 Å². The van der Waals surface area contributed by atoms with E-state index < -0.39 is 156 Å². The van der Waals surface area contributed by atoms with Crippen LogP contribution < -0.4 is 0 Å². The summed E-state index contributed by atoms with van der Waals surface area (Å²) in [6.07, 6.45) is 13.0. The van der Waals surface area contributed by atoms with E-state index in [1.54, 1.807) is 0 Å². The Labute approximate surface area is 587 Å². The van der Waals surface area contributed by atoms with Crippen molar-refractivity contribution in [3.8, 4) is 0 Å². The average molecular weight is 1430 g/mol. The minimum absolute atomic E-state index is 0.0332. The van der Waals surface area contributed by atoms with Crippen LogP contribution in [-0.2, 0) is 61.2 Å². The van der Waals surface area contributed by atoms with Gasteiger partial charge in [0.25, 0.3) is 0 Å². The molecule has 0 radical (unpaired) electrons. The number of ether oxygens (including phenoxy) is 7. The highest BCUT2D eigenvalue weighted by Gasteiger charge is 2.58. The highest BCUT2D eigenvalue weighted by atomic mass is 31.2. The van der Waals surface area contributed by atoms with Gasteiger partial charge in [0.05, 0.1) is 13.2 Å². The third kappa shape index (κ3) is 38.1. The molecule has 578 valence electrons. The van der Waals surface area contributed by atoms with E-state index in [0.29, 0.717) is 19.3 Å². The largest absolute Gasteiger partial charge is 0.472 e. The van der Waals surface area contributed by atoms with Gasteiger partial charge in [-0.25, -0.2) is 4.57 Å². The Morgan fingerprint density at radius 2 is 0.653 bits per heavy atom. The third-order valence-electron chi connectivity index (χ3n) is 19.4. The Morgan fingerprint density at radius 1 is 0.357 bits per heavy atom. The maximum absolute atomic E-state index is 14.3. The Hall–Kier alpha value is -2.04. The predicted octanol–water partition coefficient (Wildman–Crippen LogP) is 11.0. The molecular formula is C73H137O24P. The monoisotopic (exact) mass is 1430 g/mol. The van der Waals surface area contributed by atoms with Crippen LogP contribution in [0.4, 0.5) is 0 Å². The minimum atomic E-state index is -5.69. The van der Waals surface area contributed by atoms with E-state index in [-0.39, 0.29) is 19.3 Å². The van der Waals surface area contributed by atoms with Gasteiger partial charge >= 0.3 is 25.7 Å². The number of unbranched alkanes of at least 4 members (excludes halogenated alkanes) is 40. The number of carbonyl (C=O) groups is 3. The summed E-state index contributed by atoms with van der Waals surface area (Å²) in [6.45, 7) is 3.48. The molecule has 0 spiro atoms. The number of aliphatic hydroxyl groups is 10. The third-order valence-corrected chi connectivity index (χ3v) is 20.4. The summed E-state index contributed by atoms with van der Waals surface area (Å²) in [7, 11) is -5.69. The van der Waals surface area contributed by atoms with Crippen molar-refractivity contribution in [2.45, 2.75) is 420 Å². The van der Waals surface area contributed by atoms with Gasteiger partial charge in [-0.15, -0.1) is 0 Å². The zero-order chi connectivity index (χ0) is 71.8. The van der Waals surface area contributed by atoms with E-state index >= 15 is 0 Å². The van der Waals surface area contributed by atoms with Gasteiger partial charge < -0.3 is 89.1 Å². The highest BCUT2D eigenvalue weighted by molar-refractivity contribution is 7.47. The summed E-state index contributed by atoms with van der Waals surface area (Å²) in [5, 5.41) is 110. The fraction of sp³-hybridized carbons (Fsp3) is 0.959. The summed E-state index contributed by atoms with van der Waals surface area (Å²) in [6, 6.07) is 0. The van der Waals surface area contributed by atoms with Gasteiger partial charge in [0.1, 0.15) is 98.7 Å². The molecule has 2 saturated heterocycles. The Morgan fingerprint density at radius 3 is 1.00 bits per heavy atom. The summed E-state index contributed by atoms with van der Waals surface area (Å²) in [5.74, 6) is -1.97. The van der Waals surface area contributed by atoms with E-state index in [1.807, 2.05) is 0 Å². The van der Waals surface area contributed by atoms with Gasteiger partial charge in [-0.1, -0.05) is 278 Å². The van der Waals surface area contributed by atoms with Crippen molar-refractivity contribution in [2.75, 3.05) is 26.4 Å². The SMILES string of the molecule is CCCCCCCCCCCCCCCCCCCC(=O)OCC1OC(OC2C(O)C(O)C(O)C(OC3OC(CO)C(O)C(O)C3O)C2OP(=O)(O)OCC(COC(=O)CCCCCCCCCCCCCC)OC(=O)CCCCCCCCCCCCCCCC)C(O)C(O)C1O. The van der Waals surface area contributed by atoms with Crippen molar-refractivity contribution in [1.29, 1.82) is 0 Å². The van der Waals surface area contributed by atoms with Crippen LogP contribution in [-0.4, -0.2) is 204 Å². The molecule has 0 aromatic rings. The first kappa shape index (κ1) is 90.2. The Bertz CT molecular complexity index is 2030. The number of aliphatic hydroxyl groups excluding tert-OH is 10. The van der Waals surface area contributed by atoms with Gasteiger partial charge in [0.2, 0.25) is 0 Å². The number of phosphoric acid groups is 1. The molecular weight excluding hydrogens is 1290 g/mol. The molecule has 0 aromatic carbocycles. The van der Waals surface area contributed by atoms with Crippen molar-refractivity contribution in [3.63, 3.8) is 0 Å². The van der Waals surface area contributed by atoms with E-state index in [0.717, 1.165) is 96.3 Å². The number of hydrogen-bond donors (Lipinski definition) is 11. The maximum Gasteiger partial charge on any atom is 0.472 e. The van der Waals surface area contributed by atoms with E-state index in [2.05, 4.69) is 20.8 Å². The van der Waals surface area contributed by atoms with Crippen LogP contribution in [0.5, 0.6) is 0 Å². The summed E-state index contributed by atoms with van der Waals surface area (Å²) in [5.41, 5.74) is 0. The molecule has 18 unspecified atom stereocenters. The van der Waals surface area contributed by atoms with Crippen LogP contribution >= 0.6 is 7.82 Å². The van der Waals surface area contributed by atoms with Gasteiger partial charge in [0.15, 0.2) is 18.7 Å². The summed E-state index contributed by atoms with van der Waals surface area (Å²) < 4.78 is 65.1. The Kier molecular flexibility index (Phi) is 51.0. The second kappa shape index (κ2) is 55.4. The van der Waals surface area contributed by atoms with Gasteiger partial charge in [0, 0.05) is 19.3 Å². The molecule has 18 atom stereocenters. The zero-order valence-electron chi connectivity index (χ0n) is 60.3. The van der Waals surface area contributed by atoms with E-state index in [9.17, 15) is 74.9 Å². The average Bonchev–Trinajstić information content (AvgIpc) is 0.762. The molecule has 0 amide bonds. The molecule has 1 saturated carbocycles. The zero-order valence-corrected chi connectivity index (χ0v) is 61.2. The first-order valence-corrected chi connectivity index (χ1v) is 40.3. The molecule has 2 aliphatic heterocycles. The van der Waals surface area contributed by atoms with E-state index in [4.69, 9.17) is 42.2 Å². The lowest BCUT2D eigenvalue weighted by Gasteiger charge is -2.49. The van der Waals surface area contributed by atoms with Crippen molar-refractivity contribution < 1.29 is 117 Å². The van der Waals surface area contributed by atoms with Crippen molar-refractivity contribution in [2.24, 2.45) is 0 Å². The molecule has 2 heterocycles. The maximum atomic E-state index is 14.3. The molecule has 3 fully saturated rings. The molecule has 3 aliphatic rings. The fourth-order valence-corrected chi connectivity index (χ4v) is 14.0. The molecule has 25 heteroatoms. The number of rotatable bonds is 61. The lowest BCUT2D eigenvalue weighted by atomic mass is 9.84. The molecule has 1 aliphatic carbocycles. The van der Waals surface area contributed by atoms with Crippen molar-refractivity contribution >= 4 is 25.7 Å².